The minimum absolute atomic E-state index is 0.129. The smallest absolute Gasteiger partial charge is 0.403 e. The summed E-state index contributed by atoms with van der Waals surface area (Å²) in [7, 11) is 0. The molecular formula is C7H11F3O4S. The molecule has 15 heavy (non-hydrogen) atoms. The maximum atomic E-state index is 12.1. The molecule has 0 saturated heterocycles. The standard InChI is InChI=1S/C7H11F3O4S/c8-7(9,10)5(6(13)14)3-15-2-4(12)1-11/h4-5,11-12H,1-3H2,(H,13,14). The van der Waals surface area contributed by atoms with Gasteiger partial charge in [-0.3, -0.25) is 4.79 Å². The van der Waals surface area contributed by atoms with Gasteiger partial charge in [0.1, 0.15) is 0 Å². The van der Waals surface area contributed by atoms with Crippen LogP contribution >= 0.6 is 11.8 Å². The average Bonchev–Trinajstić information content (AvgIpc) is 2.09. The van der Waals surface area contributed by atoms with Crippen molar-refractivity contribution in [2.45, 2.75) is 12.3 Å². The number of halogens is 3. The largest absolute Gasteiger partial charge is 0.481 e. The number of aliphatic hydroxyl groups is 2. The third kappa shape index (κ3) is 5.85. The number of aliphatic hydroxyl groups excluding tert-OH is 2. The lowest BCUT2D eigenvalue weighted by Crippen LogP contribution is -2.33. The normalized spacial score (nSPS) is 16.1. The SMILES string of the molecule is O=C(O)C(CSCC(O)CO)C(F)(F)F. The first-order valence-corrected chi connectivity index (χ1v) is 5.10. The zero-order valence-electron chi connectivity index (χ0n) is 7.57. The number of carboxylic acid groups (broad SMARTS) is 1. The van der Waals surface area contributed by atoms with Gasteiger partial charge in [-0.1, -0.05) is 0 Å². The van der Waals surface area contributed by atoms with E-state index in [-0.39, 0.29) is 5.75 Å². The Morgan fingerprint density at radius 2 is 1.87 bits per heavy atom. The highest BCUT2D eigenvalue weighted by Crippen LogP contribution is 2.29. The highest BCUT2D eigenvalue weighted by Gasteiger charge is 2.44. The molecule has 0 aromatic rings. The highest BCUT2D eigenvalue weighted by molar-refractivity contribution is 7.99. The Kier molecular flexibility index (Phi) is 5.99. The zero-order chi connectivity index (χ0) is 12.1. The second-order valence-corrected chi connectivity index (χ2v) is 3.88. The lowest BCUT2D eigenvalue weighted by molar-refractivity contribution is -0.188. The van der Waals surface area contributed by atoms with Gasteiger partial charge in [0.25, 0.3) is 0 Å². The first-order valence-electron chi connectivity index (χ1n) is 3.95. The Labute approximate surface area is 88.1 Å². The van der Waals surface area contributed by atoms with Crippen molar-refractivity contribution in [2.24, 2.45) is 5.92 Å². The molecule has 0 aromatic heterocycles. The van der Waals surface area contributed by atoms with Crippen molar-refractivity contribution in [1.29, 1.82) is 0 Å². The van der Waals surface area contributed by atoms with Crippen LogP contribution in [0.5, 0.6) is 0 Å². The van der Waals surface area contributed by atoms with Crippen LogP contribution in [0.1, 0.15) is 0 Å². The Balaban J connectivity index is 4.05. The average molecular weight is 248 g/mol. The topological polar surface area (TPSA) is 77.8 Å². The summed E-state index contributed by atoms with van der Waals surface area (Å²) in [6.45, 7) is -0.559. The van der Waals surface area contributed by atoms with Crippen LogP contribution in [0.15, 0.2) is 0 Å². The Bertz CT molecular complexity index is 209. The van der Waals surface area contributed by atoms with Crippen molar-refractivity contribution >= 4 is 17.7 Å². The first kappa shape index (κ1) is 14.5. The van der Waals surface area contributed by atoms with Crippen LogP contribution in [0, 0.1) is 5.92 Å². The molecule has 0 aromatic carbocycles. The Morgan fingerprint density at radius 3 is 2.20 bits per heavy atom. The van der Waals surface area contributed by atoms with Crippen LogP contribution in [-0.2, 0) is 4.79 Å². The summed E-state index contributed by atoms with van der Waals surface area (Å²) in [5, 5.41) is 25.5. The monoisotopic (exact) mass is 248 g/mol. The number of carbonyl (C=O) groups is 1. The molecule has 4 nitrogen and oxygen atoms in total. The number of thioether (sulfide) groups is 1. The summed E-state index contributed by atoms with van der Waals surface area (Å²) in [5.74, 6) is -5.17. The molecule has 0 heterocycles. The van der Waals surface area contributed by atoms with Gasteiger partial charge in [0.15, 0.2) is 5.92 Å². The highest BCUT2D eigenvalue weighted by atomic mass is 32.2. The molecule has 0 aliphatic rings. The van der Waals surface area contributed by atoms with Gasteiger partial charge < -0.3 is 15.3 Å². The van der Waals surface area contributed by atoms with Gasteiger partial charge in [0, 0.05) is 11.5 Å². The molecule has 0 radical (unpaired) electrons. The van der Waals surface area contributed by atoms with E-state index in [2.05, 4.69) is 0 Å². The minimum atomic E-state index is -4.79. The predicted molar refractivity (Wildman–Crippen MR) is 47.6 cm³/mol. The van der Waals surface area contributed by atoms with Crippen LogP contribution in [0.25, 0.3) is 0 Å². The van der Waals surface area contributed by atoms with E-state index in [1.807, 2.05) is 0 Å². The van der Waals surface area contributed by atoms with Crippen LogP contribution in [0.2, 0.25) is 0 Å². The summed E-state index contributed by atoms with van der Waals surface area (Å²) in [6, 6.07) is 0. The van der Waals surface area contributed by atoms with Gasteiger partial charge in [-0.05, 0) is 0 Å². The van der Waals surface area contributed by atoms with Crippen molar-refractivity contribution < 1.29 is 33.3 Å². The van der Waals surface area contributed by atoms with Crippen LogP contribution in [-0.4, -0.2) is 51.7 Å². The van der Waals surface area contributed by atoms with Gasteiger partial charge in [-0.2, -0.15) is 24.9 Å². The number of aliphatic carboxylic acids is 1. The number of alkyl halides is 3. The molecule has 0 aliphatic carbocycles. The van der Waals surface area contributed by atoms with Gasteiger partial charge in [0.2, 0.25) is 0 Å². The van der Waals surface area contributed by atoms with Gasteiger partial charge in [-0.25, -0.2) is 0 Å². The molecule has 3 N–H and O–H groups in total. The summed E-state index contributed by atoms with van der Waals surface area (Å²) >= 11 is 0.638. The van der Waals surface area contributed by atoms with Crippen LogP contribution in [0.3, 0.4) is 0 Å². The predicted octanol–water partition coefficient (Wildman–Crippen LogP) is 0.336. The van der Waals surface area contributed by atoms with Crippen molar-refractivity contribution in [3.8, 4) is 0 Å². The fraction of sp³-hybridized carbons (Fsp3) is 0.857. The molecule has 0 rings (SSSR count). The molecule has 0 amide bonds. The van der Waals surface area contributed by atoms with E-state index in [9.17, 15) is 18.0 Å². The minimum Gasteiger partial charge on any atom is -0.481 e. The molecule has 8 heteroatoms. The molecule has 0 fully saturated rings. The van der Waals surface area contributed by atoms with Gasteiger partial charge >= 0.3 is 12.1 Å². The van der Waals surface area contributed by atoms with Crippen molar-refractivity contribution in [3.63, 3.8) is 0 Å². The van der Waals surface area contributed by atoms with E-state index in [1.54, 1.807) is 0 Å². The molecule has 2 unspecified atom stereocenters. The van der Waals surface area contributed by atoms with Crippen LogP contribution < -0.4 is 0 Å². The molecule has 0 aliphatic heterocycles. The van der Waals surface area contributed by atoms with E-state index in [0.717, 1.165) is 0 Å². The molecule has 2 atom stereocenters. The van der Waals surface area contributed by atoms with E-state index in [1.165, 1.54) is 0 Å². The number of rotatable bonds is 6. The number of hydrogen-bond donors (Lipinski definition) is 3. The van der Waals surface area contributed by atoms with E-state index in [4.69, 9.17) is 15.3 Å². The molecule has 0 bridgehead atoms. The second kappa shape index (κ2) is 6.19. The number of carboxylic acids is 1. The molecule has 0 saturated carbocycles. The Hall–Kier alpha value is -0.470. The molecule has 90 valence electrons. The molecular weight excluding hydrogens is 237 g/mol. The van der Waals surface area contributed by atoms with Crippen molar-refractivity contribution in [1.82, 2.24) is 0 Å². The zero-order valence-corrected chi connectivity index (χ0v) is 8.38. The lowest BCUT2D eigenvalue weighted by atomic mass is 10.2. The van der Waals surface area contributed by atoms with Crippen LogP contribution in [0.4, 0.5) is 13.2 Å². The van der Waals surface area contributed by atoms with Crippen molar-refractivity contribution in [3.05, 3.63) is 0 Å². The van der Waals surface area contributed by atoms with Crippen molar-refractivity contribution in [2.75, 3.05) is 18.1 Å². The Morgan fingerprint density at radius 1 is 1.33 bits per heavy atom. The maximum absolute atomic E-state index is 12.1. The summed E-state index contributed by atoms with van der Waals surface area (Å²) in [5.41, 5.74) is 0. The summed E-state index contributed by atoms with van der Waals surface area (Å²) < 4.78 is 36.2. The summed E-state index contributed by atoms with van der Waals surface area (Å²) in [6.07, 6.45) is -5.92. The third-order valence-corrected chi connectivity index (χ3v) is 2.69. The first-order chi connectivity index (χ1) is 6.79. The third-order valence-electron chi connectivity index (χ3n) is 1.50. The quantitative estimate of drug-likeness (QED) is 0.631. The van der Waals surface area contributed by atoms with E-state index < -0.39 is 36.5 Å². The second-order valence-electron chi connectivity index (χ2n) is 2.81. The number of hydrogen-bond acceptors (Lipinski definition) is 4. The lowest BCUT2D eigenvalue weighted by Gasteiger charge is -2.16. The summed E-state index contributed by atoms with van der Waals surface area (Å²) in [4.78, 5) is 10.2. The fourth-order valence-corrected chi connectivity index (χ4v) is 1.76. The van der Waals surface area contributed by atoms with Gasteiger partial charge in [-0.15, -0.1) is 0 Å². The van der Waals surface area contributed by atoms with Gasteiger partial charge in [0.05, 0.1) is 12.7 Å². The van der Waals surface area contributed by atoms with E-state index in [0.29, 0.717) is 11.8 Å². The molecule has 0 spiro atoms. The fourth-order valence-electron chi connectivity index (χ4n) is 0.680. The van der Waals surface area contributed by atoms with E-state index >= 15 is 0 Å². The maximum Gasteiger partial charge on any atom is 0.403 e.